The molecule has 1 aromatic carbocycles. The zero-order valence-electron chi connectivity index (χ0n) is 9.66. The van der Waals surface area contributed by atoms with E-state index in [9.17, 15) is 14.0 Å². The maximum Gasteiger partial charge on any atom is 0.341 e. The van der Waals surface area contributed by atoms with Gasteiger partial charge in [-0.15, -0.1) is 0 Å². The van der Waals surface area contributed by atoms with Crippen LogP contribution >= 0.6 is 0 Å². The highest BCUT2D eigenvalue weighted by Gasteiger charge is 2.16. The van der Waals surface area contributed by atoms with Crippen molar-refractivity contribution >= 4 is 11.9 Å². The molecule has 0 aromatic heterocycles. The van der Waals surface area contributed by atoms with Crippen molar-refractivity contribution < 1.29 is 23.5 Å². The molecule has 0 saturated heterocycles. The molecule has 4 nitrogen and oxygen atoms in total. The van der Waals surface area contributed by atoms with Crippen LogP contribution in [0.3, 0.4) is 0 Å². The van der Waals surface area contributed by atoms with E-state index in [-0.39, 0.29) is 24.3 Å². The molecule has 0 aliphatic rings. The largest absolute Gasteiger partial charge is 0.462 e. The Morgan fingerprint density at radius 1 is 1.12 bits per heavy atom. The van der Waals surface area contributed by atoms with Crippen molar-refractivity contribution in [3.63, 3.8) is 0 Å². The van der Waals surface area contributed by atoms with Crippen LogP contribution < -0.4 is 0 Å². The Morgan fingerprint density at radius 2 is 1.71 bits per heavy atom. The molecule has 0 amide bonds. The Labute approximate surface area is 98.3 Å². The summed E-state index contributed by atoms with van der Waals surface area (Å²) in [6, 6.07) is 3.43. The number of halogens is 1. The number of benzene rings is 1. The highest BCUT2D eigenvalue weighted by molar-refractivity contribution is 5.95. The second-order valence-electron chi connectivity index (χ2n) is 3.14. The fourth-order valence-corrected chi connectivity index (χ4v) is 1.23. The number of hydrogen-bond donors (Lipinski definition) is 0. The van der Waals surface area contributed by atoms with Crippen molar-refractivity contribution in [1.82, 2.24) is 0 Å². The Morgan fingerprint density at radius 3 is 2.29 bits per heavy atom. The van der Waals surface area contributed by atoms with Crippen molar-refractivity contribution in [3.05, 3.63) is 35.1 Å². The van der Waals surface area contributed by atoms with Crippen LogP contribution in [-0.2, 0) is 9.47 Å². The van der Waals surface area contributed by atoms with Crippen molar-refractivity contribution in [2.24, 2.45) is 0 Å². The maximum absolute atomic E-state index is 13.3. The van der Waals surface area contributed by atoms with E-state index in [0.717, 1.165) is 12.1 Å². The zero-order valence-corrected chi connectivity index (χ0v) is 9.66. The van der Waals surface area contributed by atoms with Gasteiger partial charge in [-0.3, -0.25) is 0 Å². The lowest BCUT2D eigenvalue weighted by Crippen LogP contribution is -2.11. The minimum atomic E-state index is -0.795. The van der Waals surface area contributed by atoms with Crippen molar-refractivity contribution in [2.45, 2.75) is 13.8 Å². The van der Waals surface area contributed by atoms with Crippen molar-refractivity contribution in [1.29, 1.82) is 0 Å². The minimum Gasteiger partial charge on any atom is -0.462 e. The molecule has 1 rings (SSSR count). The molecule has 0 unspecified atom stereocenters. The SMILES string of the molecule is CCOC(=O)c1ccc(F)c(C(=O)OCC)c1. The lowest BCUT2D eigenvalue weighted by Gasteiger charge is -2.06. The number of ether oxygens (including phenoxy) is 2. The molecule has 0 saturated carbocycles. The Kier molecular flexibility index (Phi) is 4.63. The molecule has 0 N–H and O–H groups in total. The predicted molar refractivity (Wildman–Crippen MR) is 58.3 cm³/mol. The van der Waals surface area contributed by atoms with E-state index in [0.29, 0.717) is 0 Å². The fourth-order valence-electron chi connectivity index (χ4n) is 1.23. The molecule has 0 atom stereocenters. The molecule has 0 aliphatic heterocycles. The topological polar surface area (TPSA) is 52.6 Å². The Balaban J connectivity index is 3.02. The molecule has 0 fully saturated rings. The van der Waals surface area contributed by atoms with Gasteiger partial charge in [0.15, 0.2) is 0 Å². The third-order valence-electron chi connectivity index (χ3n) is 1.97. The normalized spacial score (nSPS) is 9.82. The molecule has 92 valence electrons. The quantitative estimate of drug-likeness (QED) is 0.757. The summed E-state index contributed by atoms with van der Waals surface area (Å²) in [4.78, 5) is 22.8. The third-order valence-corrected chi connectivity index (χ3v) is 1.97. The van der Waals surface area contributed by atoms with Gasteiger partial charge in [0.25, 0.3) is 0 Å². The van der Waals surface area contributed by atoms with Crippen molar-refractivity contribution in [2.75, 3.05) is 13.2 Å². The van der Waals surface area contributed by atoms with Crippen LogP contribution in [0.5, 0.6) is 0 Å². The molecule has 0 aliphatic carbocycles. The Bertz CT molecular complexity index is 429. The van der Waals surface area contributed by atoms with Crippen molar-refractivity contribution in [3.8, 4) is 0 Å². The summed E-state index contributed by atoms with van der Waals surface area (Å²) in [6.45, 7) is 3.63. The van der Waals surface area contributed by atoms with Crippen LogP contribution in [0.4, 0.5) is 4.39 Å². The first-order chi connectivity index (χ1) is 8.10. The summed E-state index contributed by atoms with van der Waals surface area (Å²) in [5.74, 6) is -2.12. The first-order valence-corrected chi connectivity index (χ1v) is 5.24. The highest BCUT2D eigenvalue weighted by atomic mass is 19.1. The van der Waals surface area contributed by atoms with Gasteiger partial charge in [0.05, 0.1) is 24.3 Å². The number of rotatable bonds is 4. The van der Waals surface area contributed by atoms with Crippen LogP contribution in [-0.4, -0.2) is 25.2 Å². The third kappa shape index (κ3) is 3.27. The van der Waals surface area contributed by atoms with E-state index in [4.69, 9.17) is 4.74 Å². The molecule has 1 aromatic rings. The number of esters is 2. The minimum absolute atomic E-state index is 0.122. The molecule has 0 spiro atoms. The average Bonchev–Trinajstić information content (AvgIpc) is 2.30. The Hall–Kier alpha value is -1.91. The summed E-state index contributed by atoms with van der Waals surface area (Å²) in [7, 11) is 0. The standard InChI is InChI=1S/C12H13FO4/c1-3-16-11(14)8-5-6-10(13)9(7-8)12(15)17-4-2/h5-7H,3-4H2,1-2H3. The summed E-state index contributed by atoms with van der Waals surface area (Å²) in [5.41, 5.74) is -0.145. The fraction of sp³-hybridized carbons (Fsp3) is 0.333. The van der Waals surface area contributed by atoms with Gasteiger partial charge >= 0.3 is 11.9 Å². The van der Waals surface area contributed by atoms with Gasteiger partial charge in [-0.25, -0.2) is 14.0 Å². The van der Waals surface area contributed by atoms with E-state index in [1.165, 1.54) is 6.07 Å². The number of hydrogen-bond acceptors (Lipinski definition) is 4. The van der Waals surface area contributed by atoms with E-state index in [1.807, 2.05) is 0 Å². The highest BCUT2D eigenvalue weighted by Crippen LogP contribution is 2.13. The molecular weight excluding hydrogens is 227 g/mol. The smallest absolute Gasteiger partial charge is 0.341 e. The summed E-state index contributed by atoms with van der Waals surface area (Å²) >= 11 is 0. The summed E-state index contributed by atoms with van der Waals surface area (Å²) < 4.78 is 22.8. The van der Waals surface area contributed by atoms with Gasteiger partial charge in [0.1, 0.15) is 5.82 Å². The monoisotopic (exact) mass is 240 g/mol. The van der Waals surface area contributed by atoms with Gasteiger partial charge in [0.2, 0.25) is 0 Å². The van der Waals surface area contributed by atoms with Gasteiger partial charge in [0, 0.05) is 0 Å². The van der Waals surface area contributed by atoms with Gasteiger partial charge in [-0.05, 0) is 32.0 Å². The predicted octanol–water partition coefficient (Wildman–Crippen LogP) is 2.18. The summed E-state index contributed by atoms with van der Waals surface area (Å²) in [5, 5.41) is 0. The van der Waals surface area contributed by atoms with Crippen LogP contribution in [0.2, 0.25) is 0 Å². The first-order valence-electron chi connectivity index (χ1n) is 5.24. The van der Waals surface area contributed by atoms with Gasteiger partial charge < -0.3 is 9.47 Å². The lowest BCUT2D eigenvalue weighted by atomic mass is 10.1. The van der Waals surface area contributed by atoms with Gasteiger partial charge in [-0.1, -0.05) is 0 Å². The average molecular weight is 240 g/mol. The maximum atomic E-state index is 13.3. The van der Waals surface area contributed by atoms with Crippen LogP contribution in [0.1, 0.15) is 34.6 Å². The second-order valence-corrected chi connectivity index (χ2v) is 3.14. The first kappa shape index (κ1) is 13.2. The zero-order chi connectivity index (χ0) is 12.8. The second kappa shape index (κ2) is 5.98. The van der Waals surface area contributed by atoms with E-state index in [2.05, 4.69) is 4.74 Å². The molecule has 0 radical (unpaired) electrons. The van der Waals surface area contributed by atoms with Gasteiger partial charge in [-0.2, -0.15) is 0 Å². The van der Waals surface area contributed by atoms with Crippen LogP contribution in [0.15, 0.2) is 18.2 Å². The van der Waals surface area contributed by atoms with E-state index in [1.54, 1.807) is 13.8 Å². The van der Waals surface area contributed by atoms with E-state index >= 15 is 0 Å². The number of carbonyl (C=O) groups is 2. The molecule has 5 heteroatoms. The molecule has 0 heterocycles. The van der Waals surface area contributed by atoms with E-state index < -0.39 is 17.8 Å². The molecular formula is C12H13FO4. The summed E-state index contributed by atoms with van der Waals surface area (Å²) in [6.07, 6.45) is 0. The lowest BCUT2D eigenvalue weighted by molar-refractivity contribution is 0.0520. The number of carbonyl (C=O) groups excluding carboxylic acids is 2. The molecule has 17 heavy (non-hydrogen) atoms. The van der Waals surface area contributed by atoms with Crippen LogP contribution in [0, 0.1) is 5.82 Å². The molecule has 0 bridgehead atoms. The van der Waals surface area contributed by atoms with Crippen LogP contribution in [0.25, 0.3) is 0 Å².